The fraction of sp³-hybridized carbons (Fsp3) is 0.370. The number of ether oxygens (including phenoxy) is 2. The van der Waals surface area contributed by atoms with Crippen LogP contribution in [-0.4, -0.2) is 35.0 Å². The highest BCUT2D eigenvalue weighted by Crippen LogP contribution is 2.37. The molecule has 1 saturated heterocycles. The molecule has 3 rings (SSSR count). The maximum absolute atomic E-state index is 13.1. The van der Waals surface area contributed by atoms with E-state index in [0.29, 0.717) is 38.6 Å². The maximum atomic E-state index is 13.1. The molecule has 1 heterocycles. The number of carboxylic acids is 1. The number of nitrogens with zero attached hydrogens (tertiary/aromatic N) is 1. The Kier molecular flexibility index (Phi) is 10.2. The highest BCUT2D eigenvalue weighted by Gasteiger charge is 2.33. The molecule has 0 radical (unpaired) electrons. The van der Waals surface area contributed by atoms with Crippen molar-refractivity contribution in [3.63, 3.8) is 0 Å². The molecule has 0 bridgehead atoms. The van der Waals surface area contributed by atoms with Gasteiger partial charge < -0.3 is 14.6 Å². The summed E-state index contributed by atoms with van der Waals surface area (Å²) in [4.78, 5) is 25.9. The number of benzene rings is 2. The van der Waals surface area contributed by atoms with E-state index in [2.05, 4.69) is 6.92 Å². The molecule has 0 unspecified atom stereocenters. The number of thiocarbonyl (C=S) groups is 1. The molecular weight excluding hydrogens is 482 g/mol. The van der Waals surface area contributed by atoms with Crippen LogP contribution < -0.4 is 14.4 Å². The van der Waals surface area contributed by atoms with E-state index >= 15 is 0 Å². The second-order valence-electron chi connectivity index (χ2n) is 8.28. The number of carbonyl (C=O) groups excluding carboxylic acids is 1. The third-order valence-corrected chi connectivity index (χ3v) is 6.89. The lowest BCUT2D eigenvalue weighted by atomic mass is 10.1. The molecule has 0 aliphatic carbocycles. The topological polar surface area (TPSA) is 76.1 Å². The summed E-state index contributed by atoms with van der Waals surface area (Å²) in [6, 6.07) is 12.4. The van der Waals surface area contributed by atoms with Crippen LogP contribution in [0.5, 0.6) is 11.5 Å². The predicted octanol–water partition coefficient (Wildman–Crippen LogP) is 6.47. The fourth-order valence-corrected chi connectivity index (χ4v) is 5.04. The first-order chi connectivity index (χ1) is 16.9. The minimum absolute atomic E-state index is 0.0704. The van der Waals surface area contributed by atoms with Crippen molar-refractivity contribution in [3.8, 4) is 11.5 Å². The van der Waals surface area contributed by atoms with Gasteiger partial charge in [0.25, 0.3) is 5.91 Å². The largest absolute Gasteiger partial charge is 0.493 e. The fourth-order valence-electron chi connectivity index (χ4n) is 3.74. The highest BCUT2D eigenvalue weighted by molar-refractivity contribution is 8.27. The number of thioether (sulfide) groups is 1. The van der Waals surface area contributed by atoms with Crippen molar-refractivity contribution in [2.45, 2.75) is 51.9 Å². The van der Waals surface area contributed by atoms with Gasteiger partial charge in [-0.2, -0.15) is 0 Å². The number of aliphatic carboxylic acids is 1. The van der Waals surface area contributed by atoms with E-state index < -0.39 is 5.97 Å². The number of carbonyl (C=O) groups is 2. The first kappa shape index (κ1) is 26.8. The molecule has 0 saturated carbocycles. The quantitative estimate of drug-likeness (QED) is 0.187. The van der Waals surface area contributed by atoms with Gasteiger partial charge in [0.2, 0.25) is 0 Å². The average Bonchev–Trinajstić information content (AvgIpc) is 3.11. The van der Waals surface area contributed by atoms with E-state index in [1.54, 1.807) is 37.5 Å². The van der Waals surface area contributed by atoms with Crippen LogP contribution in [0.25, 0.3) is 6.08 Å². The smallest absolute Gasteiger partial charge is 0.307 e. The summed E-state index contributed by atoms with van der Waals surface area (Å²) in [5.74, 6) is 0.190. The van der Waals surface area contributed by atoms with E-state index in [9.17, 15) is 9.59 Å². The number of carboxylic acid groups (broad SMARTS) is 1. The highest BCUT2D eigenvalue weighted by atomic mass is 32.2. The van der Waals surface area contributed by atoms with E-state index in [1.807, 2.05) is 18.2 Å². The summed E-state index contributed by atoms with van der Waals surface area (Å²) in [7, 11) is 1.60. The van der Waals surface area contributed by atoms with Gasteiger partial charge >= 0.3 is 5.97 Å². The molecule has 0 spiro atoms. The molecule has 35 heavy (non-hydrogen) atoms. The Morgan fingerprint density at radius 2 is 1.77 bits per heavy atom. The molecule has 1 aliphatic rings. The first-order valence-electron chi connectivity index (χ1n) is 11.8. The van der Waals surface area contributed by atoms with Crippen LogP contribution in [0.3, 0.4) is 0 Å². The van der Waals surface area contributed by atoms with Gasteiger partial charge in [0, 0.05) is 0 Å². The summed E-state index contributed by atoms with van der Waals surface area (Å²) in [5, 5.41) is 8.94. The van der Waals surface area contributed by atoms with Crippen molar-refractivity contribution < 1.29 is 24.2 Å². The Bertz CT molecular complexity index is 1080. The van der Waals surface area contributed by atoms with Crippen molar-refractivity contribution in [1.29, 1.82) is 0 Å². The molecule has 2 aromatic rings. The Labute approximate surface area is 216 Å². The molecule has 1 fully saturated rings. The second-order valence-corrected chi connectivity index (χ2v) is 9.96. The first-order valence-corrected chi connectivity index (χ1v) is 13.0. The summed E-state index contributed by atoms with van der Waals surface area (Å²) < 4.78 is 11.9. The average molecular weight is 514 g/mol. The minimum atomic E-state index is -0.902. The summed E-state index contributed by atoms with van der Waals surface area (Å²) in [5.41, 5.74) is 2.08. The lowest BCUT2D eigenvalue weighted by molar-refractivity contribution is -0.136. The molecule has 0 aromatic heterocycles. The standard InChI is InChI=1S/C27H31NO5S2/c1-3-4-5-6-7-8-15-33-22-14-11-20(16-23(22)32-2)17-24-26(31)28(27(34)35-24)21-12-9-19(10-13-21)18-25(29)30/h9-14,16-17H,3-8,15,18H2,1-2H3,(H,29,30)/b24-17-. The SMILES string of the molecule is CCCCCCCCOc1ccc(/C=C2\SC(=S)N(c3ccc(CC(=O)O)cc3)C2=O)cc1OC. The molecule has 0 atom stereocenters. The summed E-state index contributed by atoms with van der Waals surface area (Å²) in [6.45, 7) is 2.86. The molecule has 8 heteroatoms. The Morgan fingerprint density at radius 1 is 1.06 bits per heavy atom. The van der Waals surface area contributed by atoms with Crippen LogP contribution in [0.1, 0.15) is 56.6 Å². The van der Waals surface area contributed by atoms with Gasteiger partial charge in [0.05, 0.1) is 30.7 Å². The summed E-state index contributed by atoms with van der Waals surface area (Å²) in [6.07, 6.45) is 8.92. The Hall–Kier alpha value is -2.84. The Morgan fingerprint density at radius 3 is 2.46 bits per heavy atom. The number of hydrogen-bond donors (Lipinski definition) is 1. The zero-order chi connectivity index (χ0) is 25.2. The van der Waals surface area contributed by atoms with Crippen LogP contribution in [0, 0.1) is 0 Å². The van der Waals surface area contributed by atoms with Crippen molar-refractivity contribution in [2.75, 3.05) is 18.6 Å². The number of methoxy groups -OCH3 is 1. The van der Waals surface area contributed by atoms with Crippen LogP contribution >= 0.6 is 24.0 Å². The van der Waals surface area contributed by atoms with E-state index in [1.165, 1.54) is 42.3 Å². The van der Waals surface area contributed by atoms with Gasteiger partial charge in [-0.1, -0.05) is 81.2 Å². The second kappa shape index (κ2) is 13.3. The number of amides is 1. The normalized spacial score (nSPS) is 14.6. The zero-order valence-corrected chi connectivity index (χ0v) is 21.8. The molecule has 2 aromatic carbocycles. The lowest BCUT2D eigenvalue weighted by Crippen LogP contribution is -2.27. The molecule has 186 valence electrons. The van der Waals surface area contributed by atoms with Crippen LogP contribution in [0.15, 0.2) is 47.4 Å². The number of hydrogen-bond acceptors (Lipinski definition) is 6. The molecule has 1 aliphatic heterocycles. The van der Waals surface area contributed by atoms with Gasteiger partial charge in [-0.15, -0.1) is 0 Å². The lowest BCUT2D eigenvalue weighted by Gasteiger charge is -2.14. The maximum Gasteiger partial charge on any atom is 0.307 e. The Balaban J connectivity index is 1.65. The molecule has 6 nitrogen and oxygen atoms in total. The van der Waals surface area contributed by atoms with Gasteiger partial charge in [-0.25, -0.2) is 0 Å². The van der Waals surface area contributed by atoms with Crippen molar-refractivity contribution in [3.05, 3.63) is 58.5 Å². The minimum Gasteiger partial charge on any atom is -0.493 e. The third kappa shape index (κ3) is 7.57. The van der Waals surface area contributed by atoms with Crippen LogP contribution in [0.2, 0.25) is 0 Å². The summed E-state index contributed by atoms with van der Waals surface area (Å²) >= 11 is 6.68. The van der Waals surface area contributed by atoms with E-state index in [0.717, 1.165) is 18.4 Å². The zero-order valence-electron chi connectivity index (χ0n) is 20.1. The van der Waals surface area contributed by atoms with Crippen molar-refractivity contribution in [2.24, 2.45) is 0 Å². The predicted molar refractivity (Wildman–Crippen MR) is 145 cm³/mol. The monoisotopic (exact) mass is 513 g/mol. The van der Waals surface area contributed by atoms with Gasteiger partial charge in [-0.05, 0) is 47.9 Å². The van der Waals surface area contributed by atoms with Crippen molar-refractivity contribution in [1.82, 2.24) is 0 Å². The van der Waals surface area contributed by atoms with Gasteiger partial charge in [0.1, 0.15) is 0 Å². The number of rotatable bonds is 13. The van der Waals surface area contributed by atoms with Gasteiger partial charge in [-0.3, -0.25) is 14.5 Å². The van der Waals surface area contributed by atoms with Crippen LogP contribution in [0.4, 0.5) is 5.69 Å². The number of unbranched alkanes of at least 4 members (excludes halogenated alkanes) is 5. The van der Waals surface area contributed by atoms with Crippen LogP contribution in [-0.2, 0) is 16.0 Å². The van der Waals surface area contributed by atoms with Crippen molar-refractivity contribution >= 4 is 51.9 Å². The van der Waals surface area contributed by atoms with E-state index in [-0.39, 0.29) is 12.3 Å². The third-order valence-electron chi connectivity index (χ3n) is 5.58. The molecule has 1 N–H and O–H groups in total. The molecule has 1 amide bonds. The number of anilines is 1. The van der Waals surface area contributed by atoms with Gasteiger partial charge in [0.15, 0.2) is 15.8 Å². The van der Waals surface area contributed by atoms with E-state index in [4.69, 9.17) is 26.8 Å². The molecular formula is C27H31NO5S2.